The average Bonchev–Trinajstić information content (AvgIpc) is 2.76. The Morgan fingerprint density at radius 2 is 1.48 bits per heavy atom. The number of carbonyl (C=O) groups is 2. The molecule has 0 unspecified atom stereocenters. The summed E-state index contributed by atoms with van der Waals surface area (Å²) >= 11 is 6.14. The van der Waals surface area contributed by atoms with Crippen molar-refractivity contribution in [3.05, 3.63) is 70.4 Å². The van der Waals surface area contributed by atoms with Crippen LogP contribution < -0.4 is 5.32 Å². The molecule has 0 aromatic heterocycles. The van der Waals surface area contributed by atoms with Crippen LogP contribution >= 0.6 is 11.6 Å². The second kappa shape index (κ2) is 7.72. The molecule has 1 fully saturated rings. The number of sulfonamides is 1. The zero-order chi connectivity index (χ0) is 20.6. The number of carbonyl (C=O) groups excluding carboxylic acids is 2. The number of Topliss-reactive ketones (excluding diaryl/α,β-unsaturated/α-hetero) is 2. The minimum absolute atomic E-state index is 0.0286. The van der Waals surface area contributed by atoms with Crippen LogP contribution in [0.2, 0.25) is 0 Å². The van der Waals surface area contributed by atoms with Crippen molar-refractivity contribution in [1.29, 1.82) is 0 Å². The number of ether oxygens (including phenoxy) is 1. The average molecular weight is 433 g/mol. The van der Waals surface area contributed by atoms with E-state index < -0.39 is 21.6 Å². The normalized spacial score (nSPS) is 18.0. The second-order valence-corrected chi connectivity index (χ2v) is 8.87. The molecule has 1 heterocycles. The predicted molar refractivity (Wildman–Crippen MR) is 108 cm³/mol. The smallest absolute Gasteiger partial charge is 0.243 e. The fourth-order valence-electron chi connectivity index (χ4n) is 3.25. The number of halogens is 1. The van der Waals surface area contributed by atoms with Gasteiger partial charge in [-0.15, -0.1) is 0 Å². The van der Waals surface area contributed by atoms with Crippen LogP contribution in [0.1, 0.15) is 20.7 Å². The standard InChI is InChI=1S/C20H17ClN2O5S/c21-17-18(20(25)16-4-2-1-3-15(16)19(17)24)22-13-5-7-14(8-6-13)29(26,27)23-9-11-28-12-10-23/h1-8,22H,9-12H2. The molecule has 7 nitrogen and oxygen atoms in total. The number of allylic oxidation sites excluding steroid dienone is 2. The highest BCUT2D eigenvalue weighted by atomic mass is 35.5. The highest BCUT2D eigenvalue weighted by Gasteiger charge is 2.31. The molecular weight excluding hydrogens is 416 g/mol. The Morgan fingerprint density at radius 1 is 0.897 bits per heavy atom. The van der Waals surface area contributed by atoms with Crippen LogP contribution in [0.4, 0.5) is 5.69 Å². The number of hydrogen-bond donors (Lipinski definition) is 1. The van der Waals surface area contributed by atoms with Gasteiger partial charge >= 0.3 is 0 Å². The summed E-state index contributed by atoms with van der Waals surface area (Å²) in [5.74, 6) is -0.828. The van der Waals surface area contributed by atoms with Crippen molar-refractivity contribution in [2.75, 3.05) is 31.6 Å². The van der Waals surface area contributed by atoms with Crippen LogP contribution in [-0.4, -0.2) is 50.6 Å². The number of benzene rings is 2. The van der Waals surface area contributed by atoms with E-state index in [0.29, 0.717) is 32.0 Å². The van der Waals surface area contributed by atoms with Gasteiger partial charge in [0.2, 0.25) is 21.6 Å². The van der Waals surface area contributed by atoms with Crippen molar-refractivity contribution in [3.8, 4) is 0 Å². The van der Waals surface area contributed by atoms with Gasteiger partial charge in [-0.25, -0.2) is 8.42 Å². The third kappa shape index (κ3) is 3.60. The SMILES string of the molecule is O=C1C(Cl)=C(Nc2ccc(S(=O)(=O)N3CCOCC3)cc2)C(=O)c2ccccc21. The van der Waals surface area contributed by atoms with Crippen LogP contribution in [-0.2, 0) is 14.8 Å². The fourth-order valence-corrected chi connectivity index (χ4v) is 4.89. The van der Waals surface area contributed by atoms with Crippen molar-refractivity contribution in [1.82, 2.24) is 4.31 Å². The van der Waals surface area contributed by atoms with Gasteiger partial charge in [-0.1, -0.05) is 35.9 Å². The summed E-state index contributed by atoms with van der Waals surface area (Å²) in [6.07, 6.45) is 0. The van der Waals surface area contributed by atoms with Gasteiger partial charge in [0.25, 0.3) is 0 Å². The first-order chi connectivity index (χ1) is 13.9. The van der Waals surface area contributed by atoms with E-state index in [2.05, 4.69) is 5.32 Å². The van der Waals surface area contributed by atoms with E-state index in [1.807, 2.05) is 0 Å². The quantitative estimate of drug-likeness (QED) is 0.798. The summed E-state index contributed by atoms with van der Waals surface area (Å²) < 4.78 is 32.0. The Kier molecular flexibility index (Phi) is 5.26. The molecule has 0 bridgehead atoms. The van der Waals surface area contributed by atoms with Gasteiger partial charge in [0.05, 0.1) is 18.1 Å². The number of nitrogens with one attached hydrogen (secondary N) is 1. The number of anilines is 1. The van der Waals surface area contributed by atoms with E-state index in [0.717, 1.165) is 0 Å². The molecule has 2 aromatic carbocycles. The monoisotopic (exact) mass is 432 g/mol. The summed E-state index contributed by atoms with van der Waals surface area (Å²) in [5.41, 5.74) is 0.953. The van der Waals surface area contributed by atoms with Crippen LogP contribution in [0, 0.1) is 0 Å². The van der Waals surface area contributed by atoms with Gasteiger partial charge < -0.3 is 10.1 Å². The Hall–Kier alpha value is -2.52. The Bertz CT molecular complexity index is 1120. The molecule has 4 rings (SSSR count). The lowest BCUT2D eigenvalue weighted by Crippen LogP contribution is -2.40. The van der Waals surface area contributed by atoms with Gasteiger partial charge in [-0.3, -0.25) is 9.59 Å². The van der Waals surface area contributed by atoms with Crippen molar-refractivity contribution < 1.29 is 22.7 Å². The molecule has 1 N–H and O–H groups in total. The second-order valence-electron chi connectivity index (χ2n) is 6.56. The largest absolute Gasteiger partial charge is 0.379 e. The Labute approximate surface area is 173 Å². The maximum Gasteiger partial charge on any atom is 0.243 e. The van der Waals surface area contributed by atoms with Crippen LogP contribution in [0.5, 0.6) is 0 Å². The Balaban J connectivity index is 1.59. The molecule has 2 aromatic rings. The molecule has 1 aliphatic carbocycles. The van der Waals surface area contributed by atoms with Gasteiger partial charge in [-0.2, -0.15) is 4.31 Å². The number of rotatable bonds is 4. The molecule has 2 aliphatic rings. The first kappa shape index (κ1) is 19.8. The van der Waals surface area contributed by atoms with Crippen molar-refractivity contribution in [2.24, 2.45) is 0 Å². The van der Waals surface area contributed by atoms with Crippen LogP contribution in [0.25, 0.3) is 0 Å². The molecule has 150 valence electrons. The van der Waals surface area contributed by atoms with Gasteiger partial charge in [-0.05, 0) is 24.3 Å². The molecule has 0 amide bonds. The van der Waals surface area contributed by atoms with Crippen molar-refractivity contribution in [3.63, 3.8) is 0 Å². The molecule has 0 radical (unpaired) electrons. The lowest BCUT2D eigenvalue weighted by Gasteiger charge is -2.26. The predicted octanol–water partition coefficient (Wildman–Crippen LogP) is 2.65. The molecule has 29 heavy (non-hydrogen) atoms. The number of nitrogens with zero attached hydrogens (tertiary/aromatic N) is 1. The van der Waals surface area contributed by atoms with Crippen molar-refractivity contribution >= 4 is 38.9 Å². The third-order valence-electron chi connectivity index (χ3n) is 4.79. The molecule has 9 heteroatoms. The molecule has 0 spiro atoms. The maximum absolute atomic E-state index is 12.7. The summed E-state index contributed by atoms with van der Waals surface area (Å²) in [6.45, 7) is 1.34. The minimum atomic E-state index is -3.62. The fraction of sp³-hybridized carbons (Fsp3) is 0.200. The van der Waals surface area contributed by atoms with Gasteiger partial charge in [0.15, 0.2) is 0 Å². The zero-order valence-corrected chi connectivity index (χ0v) is 16.8. The summed E-state index contributed by atoms with van der Waals surface area (Å²) in [5, 5.41) is 2.66. The molecular formula is C20H17ClN2O5S. The van der Waals surface area contributed by atoms with Crippen molar-refractivity contribution in [2.45, 2.75) is 4.90 Å². The number of hydrogen-bond acceptors (Lipinski definition) is 6. The highest BCUT2D eigenvalue weighted by molar-refractivity contribution is 7.89. The highest BCUT2D eigenvalue weighted by Crippen LogP contribution is 2.30. The number of morpholine rings is 1. The third-order valence-corrected chi connectivity index (χ3v) is 7.07. The molecule has 1 saturated heterocycles. The number of ketones is 2. The summed E-state index contributed by atoms with van der Waals surface area (Å²) in [4.78, 5) is 25.3. The van der Waals surface area contributed by atoms with Gasteiger partial charge in [0, 0.05) is 29.9 Å². The number of fused-ring (bicyclic) bond motifs is 1. The first-order valence-electron chi connectivity index (χ1n) is 8.93. The lowest BCUT2D eigenvalue weighted by atomic mass is 9.92. The van der Waals surface area contributed by atoms with E-state index in [9.17, 15) is 18.0 Å². The lowest BCUT2D eigenvalue weighted by molar-refractivity contribution is 0.0730. The summed E-state index contributed by atoms with van der Waals surface area (Å²) in [6, 6.07) is 12.4. The Morgan fingerprint density at radius 3 is 2.10 bits per heavy atom. The van der Waals surface area contributed by atoms with Crippen LogP contribution in [0.15, 0.2) is 64.2 Å². The summed E-state index contributed by atoms with van der Waals surface area (Å²) in [7, 11) is -3.62. The van der Waals surface area contributed by atoms with E-state index in [1.54, 1.807) is 24.3 Å². The van der Waals surface area contributed by atoms with E-state index in [1.165, 1.54) is 28.6 Å². The van der Waals surface area contributed by atoms with E-state index in [-0.39, 0.29) is 26.8 Å². The van der Waals surface area contributed by atoms with E-state index in [4.69, 9.17) is 16.3 Å². The molecule has 1 aliphatic heterocycles. The first-order valence-corrected chi connectivity index (χ1v) is 10.7. The molecule has 0 atom stereocenters. The minimum Gasteiger partial charge on any atom is -0.379 e. The van der Waals surface area contributed by atoms with Crippen LogP contribution in [0.3, 0.4) is 0 Å². The van der Waals surface area contributed by atoms with Gasteiger partial charge in [0.1, 0.15) is 10.7 Å². The zero-order valence-electron chi connectivity index (χ0n) is 15.2. The molecule has 0 saturated carbocycles. The topological polar surface area (TPSA) is 92.8 Å². The van der Waals surface area contributed by atoms with E-state index >= 15 is 0 Å². The maximum atomic E-state index is 12.7.